The average Bonchev–Trinajstić information content (AvgIpc) is 3.05. The first-order chi connectivity index (χ1) is 15.0. The summed E-state index contributed by atoms with van der Waals surface area (Å²) in [7, 11) is 0. The van der Waals surface area contributed by atoms with Gasteiger partial charge in [-0.2, -0.15) is 0 Å². The van der Waals surface area contributed by atoms with Crippen LogP contribution in [0.4, 0.5) is 0 Å². The van der Waals surface area contributed by atoms with Crippen molar-refractivity contribution in [1.29, 1.82) is 0 Å². The van der Waals surface area contributed by atoms with Crippen LogP contribution >= 0.6 is 0 Å². The summed E-state index contributed by atoms with van der Waals surface area (Å²) >= 11 is 0. The predicted molar refractivity (Wildman–Crippen MR) is 130 cm³/mol. The van der Waals surface area contributed by atoms with Gasteiger partial charge in [0.1, 0.15) is 6.10 Å². The van der Waals surface area contributed by atoms with E-state index in [1.807, 2.05) is 0 Å². The second kappa shape index (κ2) is 8.75. The molecule has 3 nitrogen and oxygen atoms in total. The zero-order valence-corrected chi connectivity index (χ0v) is 21.6. The molecule has 3 heteroatoms. The molecule has 3 saturated carbocycles. The maximum absolute atomic E-state index is 11.6. The SMILES string of the molecule is CC(=O)O[C@H]1CC[C@@]2(C)C(=CC[C@H]3[C@@H]4CC[C@H](C(C)(O)CCCC(C)C)[C@@]4(C)CC[C@@H]32)C1. The summed E-state index contributed by atoms with van der Waals surface area (Å²) in [6.45, 7) is 13.3. The van der Waals surface area contributed by atoms with Gasteiger partial charge in [-0.15, -0.1) is 0 Å². The zero-order valence-electron chi connectivity index (χ0n) is 21.6. The molecule has 0 radical (unpaired) electrons. The molecule has 0 spiro atoms. The van der Waals surface area contributed by atoms with Gasteiger partial charge < -0.3 is 9.84 Å². The Hall–Kier alpha value is -0.830. The molecule has 1 N–H and O–H groups in total. The Labute approximate surface area is 196 Å². The van der Waals surface area contributed by atoms with Gasteiger partial charge in [-0.1, -0.05) is 52.2 Å². The van der Waals surface area contributed by atoms with Crippen molar-refractivity contribution in [2.75, 3.05) is 0 Å². The fourth-order valence-electron chi connectivity index (χ4n) is 9.03. The summed E-state index contributed by atoms with van der Waals surface area (Å²) in [6, 6.07) is 0. The third kappa shape index (κ3) is 4.21. The van der Waals surface area contributed by atoms with Crippen molar-refractivity contribution < 1.29 is 14.6 Å². The monoisotopic (exact) mass is 444 g/mol. The van der Waals surface area contributed by atoms with E-state index in [0.29, 0.717) is 11.8 Å². The van der Waals surface area contributed by atoms with Crippen LogP contribution in [-0.2, 0) is 9.53 Å². The molecule has 8 atom stereocenters. The Morgan fingerprint density at radius 1 is 1.19 bits per heavy atom. The van der Waals surface area contributed by atoms with Crippen LogP contribution in [0.3, 0.4) is 0 Å². The van der Waals surface area contributed by atoms with E-state index in [-0.39, 0.29) is 22.9 Å². The molecule has 0 saturated heterocycles. The van der Waals surface area contributed by atoms with Crippen LogP contribution in [0.5, 0.6) is 0 Å². The van der Waals surface area contributed by atoms with Gasteiger partial charge in [0.25, 0.3) is 0 Å². The quantitative estimate of drug-likeness (QED) is 0.352. The van der Waals surface area contributed by atoms with Gasteiger partial charge >= 0.3 is 5.97 Å². The number of aliphatic hydroxyl groups is 1. The number of fused-ring (bicyclic) bond motifs is 5. The normalized spacial score (nSPS) is 43.0. The van der Waals surface area contributed by atoms with Crippen molar-refractivity contribution in [1.82, 2.24) is 0 Å². The summed E-state index contributed by atoms with van der Waals surface area (Å²) in [5.41, 5.74) is 1.58. The van der Waals surface area contributed by atoms with Crippen LogP contribution in [0, 0.1) is 40.4 Å². The number of ether oxygens (including phenoxy) is 1. The Morgan fingerprint density at radius 2 is 1.94 bits per heavy atom. The Bertz CT molecular complexity index is 737. The largest absolute Gasteiger partial charge is 0.462 e. The first kappa shape index (κ1) is 24.3. The van der Waals surface area contributed by atoms with Crippen molar-refractivity contribution in [3.05, 3.63) is 11.6 Å². The summed E-state index contributed by atoms with van der Waals surface area (Å²) in [5, 5.41) is 11.6. The van der Waals surface area contributed by atoms with E-state index in [9.17, 15) is 9.90 Å². The lowest BCUT2D eigenvalue weighted by Gasteiger charge is -2.59. The molecule has 1 unspecified atom stereocenters. The van der Waals surface area contributed by atoms with Gasteiger partial charge in [-0.25, -0.2) is 0 Å². The molecule has 4 aliphatic carbocycles. The molecule has 32 heavy (non-hydrogen) atoms. The van der Waals surface area contributed by atoms with E-state index < -0.39 is 5.60 Å². The molecule has 0 aromatic rings. The van der Waals surface area contributed by atoms with Gasteiger partial charge in [0.05, 0.1) is 5.60 Å². The minimum atomic E-state index is -0.535. The molecule has 0 aromatic heterocycles. The van der Waals surface area contributed by atoms with E-state index in [2.05, 4.69) is 40.7 Å². The number of esters is 1. The molecule has 0 bridgehead atoms. The Morgan fingerprint density at radius 3 is 2.62 bits per heavy atom. The van der Waals surface area contributed by atoms with E-state index in [1.165, 1.54) is 45.4 Å². The number of carbonyl (C=O) groups excluding carboxylic acids is 1. The number of hydrogen-bond acceptors (Lipinski definition) is 3. The van der Waals surface area contributed by atoms with Crippen LogP contribution < -0.4 is 0 Å². The first-order valence-electron chi connectivity index (χ1n) is 13.6. The smallest absolute Gasteiger partial charge is 0.302 e. The average molecular weight is 445 g/mol. The number of carbonyl (C=O) groups is 1. The third-order valence-electron chi connectivity index (χ3n) is 10.6. The first-order valence-corrected chi connectivity index (χ1v) is 13.6. The molecule has 3 fully saturated rings. The van der Waals surface area contributed by atoms with Crippen LogP contribution in [0.2, 0.25) is 0 Å². The maximum Gasteiger partial charge on any atom is 0.302 e. The second-order valence-electron chi connectivity index (χ2n) is 13.1. The van der Waals surface area contributed by atoms with Crippen molar-refractivity contribution in [3.8, 4) is 0 Å². The molecular weight excluding hydrogens is 396 g/mol. The third-order valence-corrected chi connectivity index (χ3v) is 10.6. The molecular formula is C29H48O3. The van der Waals surface area contributed by atoms with Crippen LogP contribution in [-0.4, -0.2) is 22.8 Å². The lowest BCUT2D eigenvalue weighted by atomic mass is 9.46. The molecule has 0 aromatic carbocycles. The standard InChI is InChI=1S/C29H48O3/c1-19(2)8-7-15-29(6,31)26-12-11-24-23-10-9-21-18-22(32-20(3)30)13-16-27(21,4)25(23)14-17-28(24,26)5/h9,19,22-26,31H,7-8,10-18H2,1-6H3/t22-,23-,24-,25-,26-,27-,28-,29?/m0/s1. The highest BCUT2D eigenvalue weighted by molar-refractivity contribution is 5.66. The molecule has 4 aliphatic rings. The lowest BCUT2D eigenvalue weighted by molar-refractivity contribution is -0.149. The molecule has 4 rings (SSSR count). The fourth-order valence-corrected chi connectivity index (χ4v) is 9.03. The lowest BCUT2D eigenvalue weighted by Crippen LogP contribution is -2.53. The molecule has 0 heterocycles. The zero-order chi connectivity index (χ0) is 23.3. The van der Waals surface area contributed by atoms with E-state index in [4.69, 9.17) is 4.74 Å². The molecule has 0 aliphatic heterocycles. The van der Waals surface area contributed by atoms with E-state index >= 15 is 0 Å². The van der Waals surface area contributed by atoms with E-state index in [1.54, 1.807) is 5.57 Å². The summed E-state index contributed by atoms with van der Waals surface area (Å²) in [4.78, 5) is 11.5. The predicted octanol–water partition coefficient (Wildman–Crippen LogP) is 7.07. The summed E-state index contributed by atoms with van der Waals surface area (Å²) in [5.74, 6) is 3.26. The van der Waals surface area contributed by atoms with Crippen LogP contribution in [0.15, 0.2) is 11.6 Å². The highest BCUT2D eigenvalue weighted by atomic mass is 16.5. The Kier molecular flexibility index (Phi) is 6.64. The van der Waals surface area contributed by atoms with Crippen molar-refractivity contribution >= 4 is 5.97 Å². The van der Waals surface area contributed by atoms with Gasteiger partial charge in [0.15, 0.2) is 0 Å². The fraction of sp³-hybridized carbons (Fsp3) is 0.897. The number of allylic oxidation sites excluding steroid dienone is 1. The van der Waals surface area contributed by atoms with Gasteiger partial charge in [0.2, 0.25) is 0 Å². The molecule has 182 valence electrons. The Balaban J connectivity index is 1.50. The number of rotatable bonds is 6. The van der Waals surface area contributed by atoms with Gasteiger partial charge in [-0.05, 0) is 98.7 Å². The van der Waals surface area contributed by atoms with Crippen LogP contribution in [0.1, 0.15) is 112 Å². The summed E-state index contributed by atoms with van der Waals surface area (Å²) < 4.78 is 5.60. The van der Waals surface area contributed by atoms with E-state index in [0.717, 1.165) is 49.9 Å². The van der Waals surface area contributed by atoms with Gasteiger partial charge in [-0.3, -0.25) is 4.79 Å². The van der Waals surface area contributed by atoms with Crippen LogP contribution in [0.25, 0.3) is 0 Å². The highest BCUT2D eigenvalue weighted by Gasteiger charge is 2.61. The minimum absolute atomic E-state index is 0.0778. The highest BCUT2D eigenvalue weighted by Crippen LogP contribution is 2.67. The minimum Gasteiger partial charge on any atom is -0.462 e. The van der Waals surface area contributed by atoms with Crippen molar-refractivity contribution in [2.24, 2.45) is 40.4 Å². The second-order valence-corrected chi connectivity index (χ2v) is 13.1. The van der Waals surface area contributed by atoms with Crippen molar-refractivity contribution in [3.63, 3.8) is 0 Å². The number of hydrogen-bond donors (Lipinski definition) is 1. The van der Waals surface area contributed by atoms with Crippen molar-refractivity contribution in [2.45, 2.75) is 124 Å². The maximum atomic E-state index is 11.6. The topological polar surface area (TPSA) is 46.5 Å². The molecule has 0 amide bonds. The van der Waals surface area contributed by atoms with Gasteiger partial charge in [0, 0.05) is 13.3 Å². The summed E-state index contributed by atoms with van der Waals surface area (Å²) in [6.07, 6.45) is 15.2.